The minimum absolute atomic E-state index is 0.0153. The molecule has 0 saturated carbocycles. The Kier molecular flexibility index (Phi) is 5.61. The molecule has 20 heavy (non-hydrogen) atoms. The van der Waals surface area contributed by atoms with Crippen LogP contribution in [0.25, 0.3) is 0 Å². The molecule has 110 valence electrons. The number of carbonyl (C=O) groups is 2. The number of hydrogen-bond donors (Lipinski definition) is 2. The molecule has 2 N–H and O–H groups in total. The number of aldehydes is 1. The molecule has 0 bridgehead atoms. The number of hydrogen-bond acceptors (Lipinski definition) is 4. The first-order valence-electron chi connectivity index (χ1n) is 6.77. The Bertz CT molecular complexity index is 504. The van der Waals surface area contributed by atoms with Crippen molar-refractivity contribution in [3.8, 4) is 0 Å². The lowest BCUT2D eigenvalue weighted by Gasteiger charge is -2.20. The molecule has 0 aliphatic rings. The van der Waals surface area contributed by atoms with Gasteiger partial charge in [-0.2, -0.15) is 0 Å². The highest BCUT2D eigenvalue weighted by Crippen LogP contribution is 2.19. The quantitative estimate of drug-likeness (QED) is 0.593. The first kappa shape index (κ1) is 16.1. The summed E-state index contributed by atoms with van der Waals surface area (Å²) in [6, 6.07) is 0. The fourth-order valence-electron chi connectivity index (χ4n) is 2.40. The standard InChI is InChI=1S/C14H21N3O3/c1-5-10(6-2)13(17-20)16-14(19)12-8(3)11(7-18)15-9(12)4/h7,10,13,15H,5-6H2,1-4H3,(H,16,19). The van der Waals surface area contributed by atoms with Crippen molar-refractivity contribution in [2.45, 2.75) is 46.7 Å². The molecule has 0 aliphatic heterocycles. The van der Waals surface area contributed by atoms with Gasteiger partial charge in [-0.15, -0.1) is 4.91 Å². The Morgan fingerprint density at radius 1 is 1.35 bits per heavy atom. The van der Waals surface area contributed by atoms with E-state index in [0.29, 0.717) is 28.8 Å². The first-order chi connectivity index (χ1) is 9.49. The van der Waals surface area contributed by atoms with Crippen LogP contribution in [-0.4, -0.2) is 23.3 Å². The molecular weight excluding hydrogens is 258 g/mol. The molecule has 1 rings (SSSR count). The molecule has 0 aromatic carbocycles. The van der Waals surface area contributed by atoms with Gasteiger partial charge in [-0.1, -0.05) is 13.8 Å². The number of aromatic nitrogens is 1. The molecule has 0 saturated heterocycles. The minimum Gasteiger partial charge on any atom is -0.356 e. The number of H-pyrrole nitrogens is 1. The Hall–Kier alpha value is -1.98. The van der Waals surface area contributed by atoms with Gasteiger partial charge >= 0.3 is 0 Å². The summed E-state index contributed by atoms with van der Waals surface area (Å²) in [6.07, 6.45) is 1.46. The summed E-state index contributed by atoms with van der Waals surface area (Å²) in [5.41, 5.74) is 1.98. The van der Waals surface area contributed by atoms with E-state index in [0.717, 1.165) is 12.8 Å². The van der Waals surface area contributed by atoms with Gasteiger partial charge < -0.3 is 10.3 Å². The van der Waals surface area contributed by atoms with Crippen LogP contribution >= 0.6 is 0 Å². The number of aromatic amines is 1. The topological polar surface area (TPSA) is 91.4 Å². The maximum absolute atomic E-state index is 12.3. The van der Waals surface area contributed by atoms with E-state index in [2.05, 4.69) is 15.5 Å². The van der Waals surface area contributed by atoms with Gasteiger partial charge in [0.2, 0.25) is 0 Å². The fraction of sp³-hybridized carbons (Fsp3) is 0.571. The van der Waals surface area contributed by atoms with Gasteiger partial charge in [0, 0.05) is 11.6 Å². The van der Waals surface area contributed by atoms with Crippen LogP contribution in [0.2, 0.25) is 0 Å². The van der Waals surface area contributed by atoms with Crippen molar-refractivity contribution in [3.05, 3.63) is 27.4 Å². The first-order valence-corrected chi connectivity index (χ1v) is 6.77. The zero-order chi connectivity index (χ0) is 15.3. The summed E-state index contributed by atoms with van der Waals surface area (Å²) in [6.45, 7) is 7.32. The van der Waals surface area contributed by atoms with Crippen molar-refractivity contribution in [1.82, 2.24) is 10.3 Å². The highest BCUT2D eigenvalue weighted by Gasteiger charge is 2.25. The summed E-state index contributed by atoms with van der Waals surface area (Å²) in [4.78, 5) is 36.9. The van der Waals surface area contributed by atoms with E-state index in [4.69, 9.17) is 0 Å². The van der Waals surface area contributed by atoms with E-state index in [-0.39, 0.29) is 11.8 Å². The summed E-state index contributed by atoms with van der Waals surface area (Å²) in [5.74, 6) is -0.359. The predicted molar refractivity (Wildman–Crippen MR) is 76.8 cm³/mol. The highest BCUT2D eigenvalue weighted by molar-refractivity contribution is 5.99. The zero-order valence-corrected chi connectivity index (χ0v) is 12.3. The molecule has 1 aromatic rings. The fourth-order valence-corrected chi connectivity index (χ4v) is 2.40. The van der Waals surface area contributed by atoms with Gasteiger partial charge in [-0.3, -0.25) is 9.59 Å². The Balaban J connectivity index is 2.98. The third-order valence-corrected chi connectivity index (χ3v) is 3.71. The molecule has 0 fully saturated rings. The number of rotatable bonds is 7. The van der Waals surface area contributed by atoms with Gasteiger partial charge in [0.1, 0.15) is 0 Å². The average Bonchev–Trinajstić information content (AvgIpc) is 2.73. The monoisotopic (exact) mass is 279 g/mol. The second kappa shape index (κ2) is 6.98. The largest absolute Gasteiger partial charge is 0.356 e. The normalized spacial score (nSPS) is 12.2. The third-order valence-electron chi connectivity index (χ3n) is 3.71. The maximum atomic E-state index is 12.3. The van der Waals surface area contributed by atoms with Gasteiger partial charge in [0.25, 0.3) is 5.91 Å². The number of nitroso groups, excluding NO2 is 1. The molecule has 6 heteroatoms. The molecule has 0 aliphatic carbocycles. The van der Waals surface area contributed by atoms with Crippen molar-refractivity contribution in [2.75, 3.05) is 0 Å². The molecule has 1 aromatic heterocycles. The predicted octanol–water partition coefficient (Wildman–Crippen LogP) is 2.70. The lowest BCUT2D eigenvalue weighted by molar-refractivity contribution is 0.0920. The van der Waals surface area contributed by atoms with Crippen LogP contribution in [0.15, 0.2) is 5.18 Å². The van der Waals surface area contributed by atoms with Crippen molar-refractivity contribution in [2.24, 2.45) is 11.1 Å². The van der Waals surface area contributed by atoms with Gasteiger partial charge in [0.15, 0.2) is 12.5 Å². The van der Waals surface area contributed by atoms with E-state index in [1.54, 1.807) is 13.8 Å². The summed E-state index contributed by atoms with van der Waals surface area (Å²) >= 11 is 0. The summed E-state index contributed by atoms with van der Waals surface area (Å²) in [7, 11) is 0. The van der Waals surface area contributed by atoms with Crippen LogP contribution < -0.4 is 5.32 Å². The minimum atomic E-state index is -0.745. The van der Waals surface area contributed by atoms with Crippen molar-refractivity contribution < 1.29 is 9.59 Å². The van der Waals surface area contributed by atoms with Crippen molar-refractivity contribution >= 4 is 12.2 Å². The molecule has 0 radical (unpaired) electrons. The molecule has 1 heterocycles. The Labute approximate surface area is 118 Å². The third kappa shape index (κ3) is 3.12. The van der Waals surface area contributed by atoms with Crippen molar-refractivity contribution in [3.63, 3.8) is 0 Å². The van der Waals surface area contributed by atoms with Gasteiger partial charge in [-0.25, -0.2) is 0 Å². The van der Waals surface area contributed by atoms with E-state index in [1.165, 1.54) is 0 Å². The second-order valence-electron chi connectivity index (χ2n) is 4.88. The number of aryl methyl sites for hydroxylation is 1. The highest BCUT2D eigenvalue weighted by atomic mass is 16.3. The molecule has 1 unspecified atom stereocenters. The second-order valence-corrected chi connectivity index (χ2v) is 4.88. The van der Waals surface area contributed by atoms with Crippen LogP contribution in [0.1, 0.15) is 58.8 Å². The summed E-state index contributed by atoms with van der Waals surface area (Å²) < 4.78 is 0. The van der Waals surface area contributed by atoms with E-state index in [9.17, 15) is 14.5 Å². The van der Waals surface area contributed by atoms with E-state index < -0.39 is 6.17 Å². The van der Waals surface area contributed by atoms with E-state index >= 15 is 0 Å². The van der Waals surface area contributed by atoms with Gasteiger partial charge in [0.05, 0.1) is 11.3 Å². The molecular formula is C14H21N3O3. The van der Waals surface area contributed by atoms with Crippen LogP contribution in [0, 0.1) is 24.7 Å². The van der Waals surface area contributed by atoms with Crippen LogP contribution in [0.3, 0.4) is 0 Å². The van der Waals surface area contributed by atoms with Gasteiger partial charge in [-0.05, 0) is 37.4 Å². The molecule has 1 atom stereocenters. The molecule has 1 amide bonds. The van der Waals surface area contributed by atoms with Crippen LogP contribution in [0.4, 0.5) is 0 Å². The van der Waals surface area contributed by atoms with E-state index in [1.807, 2.05) is 13.8 Å². The summed E-state index contributed by atoms with van der Waals surface area (Å²) in [5, 5.41) is 5.67. The lowest BCUT2D eigenvalue weighted by atomic mass is 9.99. The molecule has 0 spiro atoms. The van der Waals surface area contributed by atoms with Crippen LogP contribution in [-0.2, 0) is 0 Å². The lowest BCUT2D eigenvalue weighted by Crippen LogP contribution is -2.38. The number of carbonyl (C=O) groups excluding carboxylic acids is 2. The zero-order valence-electron chi connectivity index (χ0n) is 12.3. The smallest absolute Gasteiger partial charge is 0.255 e. The number of amides is 1. The average molecular weight is 279 g/mol. The molecule has 6 nitrogen and oxygen atoms in total. The van der Waals surface area contributed by atoms with Crippen LogP contribution in [0.5, 0.6) is 0 Å². The maximum Gasteiger partial charge on any atom is 0.255 e. The SMILES string of the molecule is CCC(CC)C(N=O)NC(=O)c1c(C)[nH]c(C=O)c1C. The number of nitrogens with zero attached hydrogens (tertiary/aromatic N) is 1. The van der Waals surface area contributed by atoms with Crippen molar-refractivity contribution in [1.29, 1.82) is 0 Å². The Morgan fingerprint density at radius 3 is 2.35 bits per heavy atom. The number of nitrogens with one attached hydrogen (secondary N) is 2. The Morgan fingerprint density at radius 2 is 1.95 bits per heavy atom.